The molecule has 98 valence electrons. The highest BCUT2D eigenvalue weighted by molar-refractivity contribution is 7.98. The van der Waals surface area contributed by atoms with Crippen LogP contribution < -0.4 is 5.32 Å². The average Bonchev–Trinajstić information content (AvgIpc) is 3.22. The number of nitrogens with one attached hydrogen (secondary N) is 1. The maximum Gasteiger partial charge on any atom is 0.242 e. The standard InChI is InChI=1S/C14H20N2OS/c1-3-16(12-7-8-12)14(17)10-15-11-5-4-6-13(9-11)18-2/h4-6,9,12,15H,3,7-8,10H2,1-2H3. The Morgan fingerprint density at radius 3 is 2.89 bits per heavy atom. The zero-order valence-electron chi connectivity index (χ0n) is 11.0. The second-order valence-corrected chi connectivity index (χ2v) is 5.38. The van der Waals surface area contributed by atoms with Crippen LogP contribution in [0.25, 0.3) is 0 Å². The molecule has 0 heterocycles. The number of rotatable bonds is 6. The van der Waals surface area contributed by atoms with E-state index in [1.54, 1.807) is 11.8 Å². The van der Waals surface area contributed by atoms with Crippen molar-refractivity contribution in [1.29, 1.82) is 0 Å². The molecular weight excluding hydrogens is 244 g/mol. The number of anilines is 1. The fourth-order valence-corrected chi connectivity index (χ4v) is 2.50. The highest BCUT2D eigenvalue weighted by Crippen LogP contribution is 2.26. The maximum atomic E-state index is 12.0. The third kappa shape index (κ3) is 3.42. The van der Waals surface area contributed by atoms with Gasteiger partial charge in [-0.3, -0.25) is 4.79 Å². The molecule has 0 saturated heterocycles. The summed E-state index contributed by atoms with van der Waals surface area (Å²) in [6.45, 7) is 3.25. The van der Waals surface area contributed by atoms with Crippen LogP contribution in [0.15, 0.2) is 29.2 Å². The number of hydrogen-bond acceptors (Lipinski definition) is 3. The van der Waals surface area contributed by atoms with Gasteiger partial charge < -0.3 is 10.2 Å². The SMILES string of the molecule is CCN(C(=O)CNc1cccc(SC)c1)C1CC1. The van der Waals surface area contributed by atoms with Gasteiger partial charge in [0.1, 0.15) is 0 Å². The van der Waals surface area contributed by atoms with Crippen molar-refractivity contribution in [3.63, 3.8) is 0 Å². The van der Waals surface area contributed by atoms with Gasteiger partial charge in [-0.05, 0) is 44.2 Å². The lowest BCUT2D eigenvalue weighted by Crippen LogP contribution is -2.37. The van der Waals surface area contributed by atoms with Gasteiger partial charge in [0.2, 0.25) is 5.91 Å². The summed E-state index contributed by atoms with van der Waals surface area (Å²) in [7, 11) is 0. The molecule has 1 aliphatic carbocycles. The molecule has 18 heavy (non-hydrogen) atoms. The molecule has 0 aliphatic heterocycles. The van der Waals surface area contributed by atoms with E-state index in [1.165, 1.54) is 17.7 Å². The van der Waals surface area contributed by atoms with Crippen LogP contribution in [0.5, 0.6) is 0 Å². The second-order valence-electron chi connectivity index (χ2n) is 4.50. The lowest BCUT2D eigenvalue weighted by atomic mass is 10.3. The molecule has 1 amide bonds. The number of carbonyl (C=O) groups is 1. The van der Waals surface area contributed by atoms with E-state index in [-0.39, 0.29) is 5.91 Å². The monoisotopic (exact) mass is 264 g/mol. The van der Waals surface area contributed by atoms with Crippen LogP contribution in [0.3, 0.4) is 0 Å². The quantitative estimate of drug-likeness (QED) is 0.802. The molecule has 0 atom stereocenters. The third-order valence-electron chi connectivity index (χ3n) is 3.16. The van der Waals surface area contributed by atoms with Crippen molar-refractivity contribution >= 4 is 23.4 Å². The average molecular weight is 264 g/mol. The summed E-state index contributed by atoms with van der Waals surface area (Å²) in [4.78, 5) is 15.2. The Labute approximate surface area is 113 Å². The summed E-state index contributed by atoms with van der Waals surface area (Å²) < 4.78 is 0. The van der Waals surface area contributed by atoms with Crippen molar-refractivity contribution in [3.05, 3.63) is 24.3 Å². The summed E-state index contributed by atoms with van der Waals surface area (Å²) in [6, 6.07) is 8.66. The van der Waals surface area contributed by atoms with Crippen molar-refractivity contribution in [2.45, 2.75) is 30.7 Å². The van der Waals surface area contributed by atoms with E-state index in [1.807, 2.05) is 24.0 Å². The molecular formula is C14H20N2OS. The Kier molecular flexibility index (Phi) is 4.53. The van der Waals surface area contributed by atoms with Crippen LogP contribution in [0.2, 0.25) is 0 Å². The van der Waals surface area contributed by atoms with Crippen molar-refractivity contribution in [3.8, 4) is 0 Å². The van der Waals surface area contributed by atoms with E-state index < -0.39 is 0 Å². The first-order chi connectivity index (χ1) is 8.74. The first-order valence-corrected chi connectivity index (χ1v) is 7.64. The Bertz CT molecular complexity index is 418. The molecule has 1 fully saturated rings. The van der Waals surface area contributed by atoms with Crippen LogP contribution in [-0.4, -0.2) is 36.2 Å². The molecule has 0 aromatic heterocycles. The van der Waals surface area contributed by atoms with Gasteiger partial charge in [0.05, 0.1) is 6.54 Å². The van der Waals surface area contributed by atoms with E-state index in [4.69, 9.17) is 0 Å². The van der Waals surface area contributed by atoms with E-state index in [0.29, 0.717) is 12.6 Å². The zero-order valence-corrected chi connectivity index (χ0v) is 11.8. The van der Waals surface area contributed by atoms with E-state index in [9.17, 15) is 4.79 Å². The first kappa shape index (κ1) is 13.3. The smallest absolute Gasteiger partial charge is 0.242 e. The molecule has 0 unspecified atom stereocenters. The predicted molar refractivity (Wildman–Crippen MR) is 77.1 cm³/mol. The van der Waals surface area contributed by atoms with Gasteiger partial charge in [-0.25, -0.2) is 0 Å². The molecule has 4 heteroatoms. The van der Waals surface area contributed by atoms with Gasteiger partial charge in [-0.2, -0.15) is 0 Å². The molecule has 1 N–H and O–H groups in total. The van der Waals surface area contributed by atoms with E-state index in [2.05, 4.69) is 23.7 Å². The number of likely N-dealkylation sites (N-methyl/N-ethyl adjacent to an activating group) is 1. The number of nitrogens with zero attached hydrogens (tertiary/aromatic N) is 1. The fourth-order valence-electron chi connectivity index (χ4n) is 2.04. The topological polar surface area (TPSA) is 32.3 Å². The first-order valence-electron chi connectivity index (χ1n) is 6.42. The minimum atomic E-state index is 0.203. The van der Waals surface area contributed by atoms with Crippen LogP contribution in [0, 0.1) is 0 Å². The summed E-state index contributed by atoms with van der Waals surface area (Å²) in [5.74, 6) is 0.203. The minimum Gasteiger partial charge on any atom is -0.376 e. The van der Waals surface area contributed by atoms with Crippen LogP contribution in [-0.2, 0) is 4.79 Å². The maximum absolute atomic E-state index is 12.0. The van der Waals surface area contributed by atoms with Crippen molar-refractivity contribution < 1.29 is 4.79 Å². The van der Waals surface area contributed by atoms with Gasteiger partial charge in [-0.15, -0.1) is 11.8 Å². The van der Waals surface area contributed by atoms with Gasteiger partial charge in [0.15, 0.2) is 0 Å². The lowest BCUT2D eigenvalue weighted by molar-refractivity contribution is -0.129. The van der Waals surface area contributed by atoms with Crippen LogP contribution in [0.4, 0.5) is 5.69 Å². The van der Waals surface area contributed by atoms with Crippen LogP contribution in [0.1, 0.15) is 19.8 Å². The second kappa shape index (κ2) is 6.14. The Balaban J connectivity index is 1.87. The molecule has 0 radical (unpaired) electrons. The summed E-state index contributed by atoms with van der Waals surface area (Å²) >= 11 is 1.71. The third-order valence-corrected chi connectivity index (χ3v) is 3.89. The molecule has 1 saturated carbocycles. The fraction of sp³-hybridized carbons (Fsp3) is 0.500. The van der Waals surface area contributed by atoms with Crippen molar-refractivity contribution in [2.75, 3.05) is 24.7 Å². The zero-order chi connectivity index (χ0) is 13.0. The molecule has 1 aromatic carbocycles. The van der Waals surface area contributed by atoms with Crippen molar-refractivity contribution in [1.82, 2.24) is 4.90 Å². The highest BCUT2D eigenvalue weighted by atomic mass is 32.2. The largest absolute Gasteiger partial charge is 0.376 e. The van der Waals surface area contributed by atoms with E-state index >= 15 is 0 Å². The summed E-state index contributed by atoms with van der Waals surface area (Å²) in [6.07, 6.45) is 4.39. The molecule has 1 aliphatic rings. The molecule has 0 bridgehead atoms. The Morgan fingerprint density at radius 2 is 2.28 bits per heavy atom. The number of carbonyl (C=O) groups excluding carboxylic acids is 1. The van der Waals surface area contributed by atoms with E-state index in [0.717, 1.165) is 12.2 Å². The normalized spacial score (nSPS) is 14.3. The molecule has 1 aromatic rings. The van der Waals surface area contributed by atoms with Gasteiger partial charge in [-0.1, -0.05) is 6.07 Å². The Morgan fingerprint density at radius 1 is 1.50 bits per heavy atom. The number of hydrogen-bond donors (Lipinski definition) is 1. The predicted octanol–water partition coefficient (Wildman–Crippen LogP) is 2.83. The summed E-state index contributed by atoms with van der Waals surface area (Å²) in [5.41, 5.74) is 1.02. The van der Waals surface area contributed by atoms with Crippen LogP contribution >= 0.6 is 11.8 Å². The number of benzene rings is 1. The Hall–Kier alpha value is -1.16. The number of amides is 1. The number of thioether (sulfide) groups is 1. The lowest BCUT2D eigenvalue weighted by Gasteiger charge is -2.20. The van der Waals surface area contributed by atoms with Gasteiger partial charge in [0.25, 0.3) is 0 Å². The summed E-state index contributed by atoms with van der Waals surface area (Å²) in [5, 5.41) is 3.21. The molecule has 0 spiro atoms. The van der Waals surface area contributed by atoms with Crippen molar-refractivity contribution in [2.24, 2.45) is 0 Å². The molecule has 2 rings (SSSR count). The van der Waals surface area contributed by atoms with Gasteiger partial charge in [0, 0.05) is 23.2 Å². The highest BCUT2D eigenvalue weighted by Gasteiger charge is 2.30. The molecule has 3 nitrogen and oxygen atoms in total. The van der Waals surface area contributed by atoms with Gasteiger partial charge >= 0.3 is 0 Å². The minimum absolute atomic E-state index is 0.203.